The van der Waals surface area contributed by atoms with Crippen LogP contribution in [-0.2, 0) is 10.0 Å². The van der Waals surface area contributed by atoms with Gasteiger partial charge in [0.25, 0.3) is 0 Å². The van der Waals surface area contributed by atoms with Crippen molar-refractivity contribution in [1.29, 1.82) is 0 Å². The van der Waals surface area contributed by atoms with E-state index in [1.165, 1.54) is 18.6 Å². The Morgan fingerprint density at radius 2 is 2.20 bits per heavy atom. The molecule has 0 amide bonds. The molecule has 1 saturated heterocycles. The first kappa shape index (κ1) is 15.6. The third-order valence-electron chi connectivity index (χ3n) is 3.68. The van der Waals surface area contributed by atoms with E-state index < -0.39 is 10.0 Å². The van der Waals surface area contributed by atoms with Crippen molar-refractivity contribution in [3.63, 3.8) is 0 Å². The maximum atomic E-state index is 12.3. The summed E-state index contributed by atoms with van der Waals surface area (Å²) in [7, 11) is -1.61. The first-order chi connectivity index (χ1) is 9.40. The Kier molecular flexibility index (Phi) is 4.90. The molecule has 1 aromatic rings. The lowest BCUT2D eigenvalue weighted by Gasteiger charge is -2.32. The van der Waals surface area contributed by atoms with Crippen molar-refractivity contribution in [1.82, 2.24) is 9.62 Å². The van der Waals surface area contributed by atoms with E-state index in [0.29, 0.717) is 12.2 Å². The Morgan fingerprint density at radius 3 is 2.90 bits per heavy atom. The number of nitrogens with zero attached hydrogens (tertiary/aromatic N) is 1. The molecule has 7 heteroatoms. The van der Waals surface area contributed by atoms with Crippen molar-refractivity contribution in [3.05, 3.63) is 23.2 Å². The second-order valence-corrected chi connectivity index (χ2v) is 7.31. The van der Waals surface area contributed by atoms with Gasteiger partial charge in [0.15, 0.2) is 0 Å². The van der Waals surface area contributed by atoms with E-state index in [2.05, 4.69) is 9.62 Å². The third-order valence-corrected chi connectivity index (χ3v) is 5.58. The van der Waals surface area contributed by atoms with Crippen molar-refractivity contribution in [2.45, 2.75) is 30.2 Å². The standard InChI is InChI=1S/C13H20ClN3O2S/c1-17-7-3-2-4-11(17)9-16-20(18,19)13-8-10(15)5-6-12(13)14/h5-6,8,11,16H,2-4,7,9,15H2,1H3. The molecule has 0 spiro atoms. The highest BCUT2D eigenvalue weighted by Gasteiger charge is 2.23. The summed E-state index contributed by atoms with van der Waals surface area (Å²) < 4.78 is 27.2. The van der Waals surface area contributed by atoms with Crippen LogP contribution >= 0.6 is 11.6 Å². The average Bonchev–Trinajstić information content (AvgIpc) is 2.40. The number of nitrogens with one attached hydrogen (secondary N) is 1. The lowest BCUT2D eigenvalue weighted by Crippen LogP contribution is -2.44. The van der Waals surface area contributed by atoms with Gasteiger partial charge in [0, 0.05) is 18.3 Å². The molecular formula is C13H20ClN3O2S. The molecule has 5 nitrogen and oxygen atoms in total. The quantitative estimate of drug-likeness (QED) is 0.829. The molecule has 0 radical (unpaired) electrons. The molecule has 112 valence electrons. The summed E-state index contributed by atoms with van der Waals surface area (Å²) in [6, 6.07) is 4.70. The van der Waals surface area contributed by atoms with Crippen LogP contribution in [0.5, 0.6) is 0 Å². The van der Waals surface area contributed by atoms with Gasteiger partial charge >= 0.3 is 0 Å². The molecule has 1 aromatic carbocycles. The van der Waals surface area contributed by atoms with Crippen LogP contribution in [0.4, 0.5) is 5.69 Å². The van der Waals surface area contributed by atoms with Crippen LogP contribution in [-0.4, -0.2) is 39.5 Å². The number of halogens is 1. The molecule has 1 atom stereocenters. The topological polar surface area (TPSA) is 75.4 Å². The lowest BCUT2D eigenvalue weighted by atomic mass is 10.0. The fourth-order valence-electron chi connectivity index (χ4n) is 2.41. The van der Waals surface area contributed by atoms with Crippen LogP contribution in [0, 0.1) is 0 Å². The van der Waals surface area contributed by atoms with Gasteiger partial charge in [0.05, 0.1) is 5.02 Å². The van der Waals surface area contributed by atoms with E-state index >= 15 is 0 Å². The number of hydrogen-bond donors (Lipinski definition) is 2. The van der Waals surface area contributed by atoms with Crippen LogP contribution in [0.25, 0.3) is 0 Å². The van der Waals surface area contributed by atoms with Crippen LogP contribution in [0.15, 0.2) is 23.1 Å². The zero-order valence-electron chi connectivity index (χ0n) is 11.5. The molecule has 20 heavy (non-hydrogen) atoms. The number of likely N-dealkylation sites (tertiary alicyclic amines) is 1. The molecule has 1 aliphatic heterocycles. The van der Waals surface area contributed by atoms with Gasteiger partial charge in [0.2, 0.25) is 10.0 Å². The van der Waals surface area contributed by atoms with Crippen molar-refractivity contribution in [3.8, 4) is 0 Å². The zero-order valence-corrected chi connectivity index (χ0v) is 13.0. The van der Waals surface area contributed by atoms with E-state index in [1.807, 2.05) is 7.05 Å². The van der Waals surface area contributed by atoms with Crippen molar-refractivity contribution >= 4 is 27.3 Å². The van der Waals surface area contributed by atoms with Crippen molar-refractivity contribution in [2.24, 2.45) is 0 Å². The number of sulfonamides is 1. The minimum Gasteiger partial charge on any atom is -0.399 e. The number of anilines is 1. The fourth-order valence-corrected chi connectivity index (χ4v) is 4.02. The monoisotopic (exact) mass is 317 g/mol. The predicted octanol–water partition coefficient (Wildman–Crippen LogP) is 1.68. The Bertz CT molecular complexity index is 577. The smallest absolute Gasteiger partial charge is 0.242 e. The largest absolute Gasteiger partial charge is 0.399 e. The van der Waals surface area contributed by atoms with Gasteiger partial charge < -0.3 is 10.6 Å². The summed E-state index contributed by atoms with van der Waals surface area (Å²) >= 11 is 5.95. The van der Waals surface area contributed by atoms with Gasteiger partial charge in [-0.15, -0.1) is 0 Å². The van der Waals surface area contributed by atoms with Crippen LogP contribution in [0.2, 0.25) is 5.02 Å². The summed E-state index contributed by atoms with van der Waals surface area (Å²) in [6.07, 6.45) is 3.31. The molecule has 0 aromatic heterocycles. The maximum Gasteiger partial charge on any atom is 0.242 e. The summed E-state index contributed by atoms with van der Waals surface area (Å²) in [5, 5.41) is 0.184. The summed E-state index contributed by atoms with van der Waals surface area (Å²) in [5.41, 5.74) is 6.01. The molecule has 1 unspecified atom stereocenters. The average molecular weight is 318 g/mol. The minimum atomic E-state index is -3.62. The van der Waals surface area contributed by atoms with E-state index in [0.717, 1.165) is 19.4 Å². The lowest BCUT2D eigenvalue weighted by molar-refractivity contribution is 0.187. The van der Waals surface area contributed by atoms with Gasteiger partial charge in [-0.05, 0) is 44.6 Å². The Morgan fingerprint density at radius 1 is 1.45 bits per heavy atom. The van der Waals surface area contributed by atoms with Gasteiger partial charge in [-0.25, -0.2) is 13.1 Å². The molecule has 1 aliphatic rings. The SMILES string of the molecule is CN1CCCCC1CNS(=O)(=O)c1cc(N)ccc1Cl. The number of likely N-dealkylation sites (N-methyl/N-ethyl adjacent to an activating group) is 1. The van der Waals surface area contributed by atoms with Gasteiger partial charge in [-0.2, -0.15) is 0 Å². The molecular weight excluding hydrogens is 298 g/mol. The van der Waals surface area contributed by atoms with Gasteiger partial charge in [-0.1, -0.05) is 18.0 Å². The molecule has 0 bridgehead atoms. The van der Waals surface area contributed by atoms with E-state index in [1.54, 1.807) is 6.07 Å². The molecule has 1 fully saturated rings. The Hall–Kier alpha value is -0.820. The minimum absolute atomic E-state index is 0.0395. The van der Waals surface area contributed by atoms with E-state index in [-0.39, 0.29) is 16.0 Å². The summed E-state index contributed by atoms with van der Waals surface area (Å²) in [5.74, 6) is 0. The van der Waals surface area contributed by atoms with Crippen LogP contribution in [0.3, 0.4) is 0 Å². The number of piperidine rings is 1. The molecule has 0 aliphatic carbocycles. The highest BCUT2D eigenvalue weighted by atomic mass is 35.5. The number of nitrogen functional groups attached to an aromatic ring is 1. The summed E-state index contributed by atoms with van der Waals surface area (Å²) in [4.78, 5) is 2.23. The number of benzene rings is 1. The highest BCUT2D eigenvalue weighted by Crippen LogP contribution is 2.24. The number of hydrogen-bond acceptors (Lipinski definition) is 4. The first-order valence-corrected chi connectivity index (χ1v) is 8.51. The first-order valence-electron chi connectivity index (χ1n) is 6.65. The fraction of sp³-hybridized carbons (Fsp3) is 0.538. The Labute approximate surface area is 125 Å². The van der Waals surface area contributed by atoms with Crippen LogP contribution in [0.1, 0.15) is 19.3 Å². The second kappa shape index (κ2) is 6.30. The molecule has 0 saturated carbocycles. The number of rotatable bonds is 4. The van der Waals surface area contributed by atoms with Gasteiger partial charge in [-0.3, -0.25) is 0 Å². The Balaban J connectivity index is 2.09. The van der Waals surface area contributed by atoms with Gasteiger partial charge in [0.1, 0.15) is 4.90 Å². The molecule has 1 heterocycles. The second-order valence-electron chi connectivity index (χ2n) is 5.17. The number of nitrogens with two attached hydrogens (primary N) is 1. The maximum absolute atomic E-state index is 12.3. The highest BCUT2D eigenvalue weighted by molar-refractivity contribution is 7.89. The molecule has 2 rings (SSSR count). The normalized spacial score (nSPS) is 21.0. The van der Waals surface area contributed by atoms with Crippen molar-refractivity contribution < 1.29 is 8.42 Å². The zero-order chi connectivity index (χ0) is 14.8. The summed E-state index contributed by atoms with van der Waals surface area (Å²) in [6.45, 7) is 1.40. The van der Waals surface area contributed by atoms with Crippen molar-refractivity contribution in [2.75, 3.05) is 25.9 Å². The van der Waals surface area contributed by atoms with Crippen LogP contribution < -0.4 is 10.5 Å². The predicted molar refractivity (Wildman–Crippen MR) is 81.3 cm³/mol. The van der Waals surface area contributed by atoms with E-state index in [9.17, 15) is 8.42 Å². The molecule has 3 N–H and O–H groups in total. The van der Waals surface area contributed by atoms with E-state index in [4.69, 9.17) is 17.3 Å². The third kappa shape index (κ3) is 3.63.